The number of rotatable bonds is 5. The fraction of sp³-hybridized carbons (Fsp3) is 0.333. The van der Waals surface area contributed by atoms with Crippen LogP contribution in [0.25, 0.3) is 0 Å². The van der Waals surface area contributed by atoms with E-state index in [0.717, 1.165) is 0 Å². The number of halogens is 2. The third kappa shape index (κ3) is 3.50. The van der Waals surface area contributed by atoms with Gasteiger partial charge in [0, 0.05) is 5.56 Å². The molecule has 0 unspecified atom stereocenters. The van der Waals surface area contributed by atoms with Crippen LogP contribution in [0.5, 0.6) is 0 Å². The summed E-state index contributed by atoms with van der Waals surface area (Å²) in [5, 5.41) is 12.8. The summed E-state index contributed by atoms with van der Waals surface area (Å²) in [5.74, 6) is 0.192. The second-order valence-corrected chi connectivity index (χ2v) is 6.10. The van der Waals surface area contributed by atoms with Gasteiger partial charge in [0.05, 0.1) is 21.8 Å². The van der Waals surface area contributed by atoms with E-state index in [0.29, 0.717) is 20.8 Å². The lowest BCUT2D eigenvalue weighted by atomic mass is 10.1. The van der Waals surface area contributed by atoms with Gasteiger partial charge in [-0.25, -0.2) is 4.68 Å². The molecule has 1 aromatic carbocycles. The zero-order valence-corrected chi connectivity index (χ0v) is 13.2. The average molecular weight is 331 g/mol. The predicted octanol–water partition coefficient (Wildman–Crippen LogP) is 3.54. The number of hydrogen-bond donors (Lipinski definition) is 0. The molecule has 2 rings (SSSR count). The number of hydrogen-bond acceptors (Lipinski definition) is 5. The Balaban J connectivity index is 2.05. The maximum atomic E-state index is 12.1. The molecule has 0 fully saturated rings. The lowest BCUT2D eigenvalue weighted by molar-refractivity contribution is 0.102. The normalized spacial score (nSPS) is 11.1. The zero-order valence-electron chi connectivity index (χ0n) is 10.9. The smallest absolute Gasteiger partial charge is 0.209 e. The Bertz CT molecular complexity index is 630. The second-order valence-electron chi connectivity index (χ2n) is 4.34. The summed E-state index contributed by atoms with van der Waals surface area (Å²) < 4.78 is 1.67. The van der Waals surface area contributed by atoms with E-state index >= 15 is 0 Å². The number of thioether (sulfide) groups is 1. The van der Waals surface area contributed by atoms with Crippen molar-refractivity contribution in [1.29, 1.82) is 0 Å². The standard InChI is InChI=1S/C12H12Cl2N4OS/c1-7(2)18-12(15-16-17-18)20-6-11(19)8-3-4-9(13)10(14)5-8/h3-5,7H,6H2,1-2H3. The first kappa shape index (κ1) is 15.3. The van der Waals surface area contributed by atoms with Crippen molar-refractivity contribution in [2.75, 3.05) is 5.75 Å². The summed E-state index contributed by atoms with van der Waals surface area (Å²) in [6.45, 7) is 3.95. The van der Waals surface area contributed by atoms with Gasteiger partial charge in [0.15, 0.2) is 5.78 Å². The maximum Gasteiger partial charge on any atom is 0.209 e. The maximum absolute atomic E-state index is 12.1. The van der Waals surface area contributed by atoms with E-state index in [1.165, 1.54) is 11.8 Å². The minimum absolute atomic E-state index is 0.0492. The molecule has 0 bridgehead atoms. The van der Waals surface area contributed by atoms with Gasteiger partial charge in [-0.2, -0.15) is 0 Å². The Morgan fingerprint density at radius 3 is 2.75 bits per heavy atom. The van der Waals surface area contributed by atoms with Crippen molar-refractivity contribution in [3.05, 3.63) is 33.8 Å². The number of ketones is 1. The molecule has 0 atom stereocenters. The van der Waals surface area contributed by atoms with E-state index in [4.69, 9.17) is 23.2 Å². The minimum atomic E-state index is -0.0492. The molecule has 0 saturated heterocycles. The highest BCUT2D eigenvalue weighted by molar-refractivity contribution is 7.99. The lowest BCUT2D eigenvalue weighted by Gasteiger charge is -2.07. The second kappa shape index (κ2) is 6.56. The highest BCUT2D eigenvalue weighted by atomic mass is 35.5. The molecule has 1 heterocycles. The van der Waals surface area contributed by atoms with Crippen LogP contribution in [0.3, 0.4) is 0 Å². The van der Waals surface area contributed by atoms with Gasteiger partial charge in [-0.3, -0.25) is 4.79 Å². The summed E-state index contributed by atoms with van der Waals surface area (Å²) in [7, 11) is 0. The summed E-state index contributed by atoms with van der Waals surface area (Å²) in [6, 6.07) is 4.98. The van der Waals surface area contributed by atoms with Crippen LogP contribution in [0.15, 0.2) is 23.4 Å². The zero-order chi connectivity index (χ0) is 14.7. The molecule has 0 N–H and O–H groups in total. The molecule has 2 aromatic rings. The Kier molecular flexibility index (Phi) is 5.01. The average Bonchev–Trinajstić information content (AvgIpc) is 2.87. The molecule has 0 saturated carbocycles. The molecule has 5 nitrogen and oxygen atoms in total. The van der Waals surface area contributed by atoms with E-state index in [1.807, 2.05) is 13.8 Å². The molecule has 20 heavy (non-hydrogen) atoms. The van der Waals surface area contributed by atoms with Gasteiger partial charge in [-0.15, -0.1) is 5.10 Å². The highest BCUT2D eigenvalue weighted by Crippen LogP contribution is 2.24. The van der Waals surface area contributed by atoms with Gasteiger partial charge < -0.3 is 0 Å². The van der Waals surface area contributed by atoms with Crippen LogP contribution in [0.4, 0.5) is 0 Å². The molecule has 0 radical (unpaired) electrons. The van der Waals surface area contributed by atoms with Gasteiger partial charge in [-0.05, 0) is 42.5 Å². The first-order valence-corrected chi connectivity index (χ1v) is 7.62. The van der Waals surface area contributed by atoms with Crippen molar-refractivity contribution in [2.24, 2.45) is 0 Å². The summed E-state index contributed by atoms with van der Waals surface area (Å²) in [5.41, 5.74) is 0.524. The minimum Gasteiger partial charge on any atom is -0.293 e. The van der Waals surface area contributed by atoms with Crippen molar-refractivity contribution in [1.82, 2.24) is 20.2 Å². The van der Waals surface area contributed by atoms with Gasteiger partial charge >= 0.3 is 0 Å². The fourth-order valence-corrected chi connectivity index (χ4v) is 2.69. The van der Waals surface area contributed by atoms with Crippen LogP contribution >= 0.6 is 35.0 Å². The quantitative estimate of drug-likeness (QED) is 0.619. The highest BCUT2D eigenvalue weighted by Gasteiger charge is 2.14. The Morgan fingerprint density at radius 2 is 2.10 bits per heavy atom. The number of carbonyl (C=O) groups is 1. The number of nitrogens with zero attached hydrogens (tertiary/aromatic N) is 4. The van der Waals surface area contributed by atoms with Crippen LogP contribution in [-0.2, 0) is 0 Å². The van der Waals surface area contributed by atoms with Gasteiger partial charge in [0.1, 0.15) is 0 Å². The first-order valence-electron chi connectivity index (χ1n) is 5.88. The van der Waals surface area contributed by atoms with Crippen LogP contribution in [0, 0.1) is 0 Å². The van der Waals surface area contributed by atoms with E-state index in [-0.39, 0.29) is 17.6 Å². The van der Waals surface area contributed by atoms with Crippen molar-refractivity contribution in [3.63, 3.8) is 0 Å². The molecular weight excluding hydrogens is 319 g/mol. The molecule has 106 valence electrons. The van der Waals surface area contributed by atoms with E-state index in [9.17, 15) is 4.79 Å². The summed E-state index contributed by atoms with van der Waals surface area (Å²) in [4.78, 5) is 12.1. The largest absolute Gasteiger partial charge is 0.293 e. The van der Waals surface area contributed by atoms with Crippen molar-refractivity contribution in [3.8, 4) is 0 Å². The SMILES string of the molecule is CC(C)n1nnnc1SCC(=O)c1ccc(Cl)c(Cl)c1. The van der Waals surface area contributed by atoms with Crippen LogP contribution in [0.1, 0.15) is 30.2 Å². The molecule has 1 aromatic heterocycles. The molecule has 8 heteroatoms. The van der Waals surface area contributed by atoms with Crippen LogP contribution in [-0.4, -0.2) is 31.7 Å². The van der Waals surface area contributed by atoms with Crippen molar-refractivity contribution >= 4 is 40.7 Å². The number of carbonyl (C=O) groups excluding carboxylic acids is 1. The molecule has 0 aliphatic heterocycles. The topological polar surface area (TPSA) is 60.7 Å². The monoisotopic (exact) mass is 330 g/mol. The number of Topliss-reactive ketones (excluding diaryl/α,β-unsaturated/α-hetero) is 1. The first-order chi connectivity index (χ1) is 9.49. The van der Waals surface area contributed by atoms with Gasteiger partial charge in [0.2, 0.25) is 5.16 Å². The molecular formula is C12H12Cl2N4OS. The van der Waals surface area contributed by atoms with Crippen molar-refractivity contribution in [2.45, 2.75) is 25.0 Å². The number of aromatic nitrogens is 4. The van der Waals surface area contributed by atoms with Gasteiger partial charge in [-0.1, -0.05) is 35.0 Å². The molecule has 0 aliphatic carbocycles. The number of tetrazole rings is 1. The Hall–Kier alpha value is -1.11. The fourth-order valence-electron chi connectivity index (χ4n) is 1.49. The van der Waals surface area contributed by atoms with Crippen LogP contribution in [0.2, 0.25) is 10.0 Å². The molecule has 0 spiro atoms. The van der Waals surface area contributed by atoms with E-state index in [1.54, 1.807) is 22.9 Å². The predicted molar refractivity (Wildman–Crippen MR) is 79.7 cm³/mol. The summed E-state index contributed by atoms with van der Waals surface area (Å²) >= 11 is 13.0. The Labute approximate surface area is 130 Å². The number of benzene rings is 1. The third-order valence-corrected chi connectivity index (χ3v) is 4.20. The van der Waals surface area contributed by atoms with E-state index < -0.39 is 0 Å². The lowest BCUT2D eigenvalue weighted by Crippen LogP contribution is -2.07. The Morgan fingerprint density at radius 1 is 1.35 bits per heavy atom. The van der Waals surface area contributed by atoms with Crippen molar-refractivity contribution < 1.29 is 4.79 Å². The van der Waals surface area contributed by atoms with Crippen LogP contribution < -0.4 is 0 Å². The molecule has 0 aliphatic rings. The molecule has 0 amide bonds. The van der Waals surface area contributed by atoms with E-state index in [2.05, 4.69) is 15.5 Å². The third-order valence-electron chi connectivity index (χ3n) is 2.53. The van der Waals surface area contributed by atoms with Gasteiger partial charge in [0.25, 0.3) is 0 Å². The summed E-state index contributed by atoms with van der Waals surface area (Å²) in [6.07, 6.45) is 0.